The average molecular weight is 350 g/mol. The van der Waals surface area contributed by atoms with Crippen molar-refractivity contribution in [2.45, 2.75) is 31.3 Å². The van der Waals surface area contributed by atoms with Crippen LogP contribution in [0.4, 0.5) is 0 Å². The molecular weight excluding hydrogens is 324 g/mol. The molecule has 1 saturated carbocycles. The van der Waals surface area contributed by atoms with Crippen LogP contribution in [0.15, 0.2) is 54.6 Å². The summed E-state index contributed by atoms with van der Waals surface area (Å²) >= 11 is 0. The van der Waals surface area contributed by atoms with E-state index in [2.05, 4.69) is 40.5 Å². The first-order valence-corrected chi connectivity index (χ1v) is 9.52. The van der Waals surface area contributed by atoms with E-state index in [0.29, 0.717) is 23.4 Å². The Morgan fingerprint density at radius 1 is 1.12 bits per heavy atom. The Morgan fingerprint density at radius 2 is 1.88 bits per heavy atom. The zero-order chi connectivity index (χ0) is 17.9. The van der Waals surface area contributed by atoms with Crippen molar-refractivity contribution < 1.29 is 9.90 Å². The summed E-state index contributed by atoms with van der Waals surface area (Å²) in [5.74, 6) is 0.546. The number of hydrogen-bond acceptors (Lipinski definition) is 3. The van der Waals surface area contributed by atoms with Crippen molar-refractivity contribution in [3.63, 3.8) is 0 Å². The van der Waals surface area contributed by atoms with Crippen LogP contribution in [-0.2, 0) is 6.54 Å². The summed E-state index contributed by atoms with van der Waals surface area (Å²) < 4.78 is 0. The number of nitrogens with one attached hydrogen (secondary N) is 1. The van der Waals surface area contributed by atoms with Gasteiger partial charge in [-0.15, -0.1) is 0 Å². The predicted octanol–water partition coefficient (Wildman–Crippen LogP) is 3.35. The molecule has 0 amide bonds. The second-order valence-corrected chi connectivity index (χ2v) is 7.66. The van der Waals surface area contributed by atoms with Gasteiger partial charge in [-0.3, -0.25) is 4.90 Å². The molecule has 3 atom stereocenters. The molecule has 2 aromatic rings. The Morgan fingerprint density at radius 3 is 2.62 bits per heavy atom. The molecule has 0 aromatic heterocycles. The molecule has 0 radical (unpaired) electrons. The number of nitrogens with zero attached hydrogens (tertiary/aromatic N) is 1. The van der Waals surface area contributed by atoms with E-state index in [9.17, 15) is 4.79 Å². The first-order valence-electron chi connectivity index (χ1n) is 9.52. The Labute approximate surface area is 154 Å². The van der Waals surface area contributed by atoms with Gasteiger partial charge in [0.1, 0.15) is 0 Å². The Balaban J connectivity index is 1.20. The number of rotatable bonds is 7. The fourth-order valence-corrected chi connectivity index (χ4v) is 4.04. The van der Waals surface area contributed by atoms with E-state index in [1.807, 2.05) is 12.1 Å². The summed E-state index contributed by atoms with van der Waals surface area (Å²) in [5, 5.41) is 12.7. The lowest BCUT2D eigenvalue weighted by atomic mass is 10.1. The highest BCUT2D eigenvalue weighted by atomic mass is 16.4. The number of likely N-dealkylation sites (tertiary alicyclic amines) is 1. The number of aromatic carboxylic acids is 1. The largest absolute Gasteiger partial charge is 0.478 e. The number of carboxylic acids is 1. The molecule has 1 heterocycles. The van der Waals surface area contributed by atoms with Crippen molar-refractivity contribution in [1.82, 2.24) is 10.2 Å². The monoisotopic (exact) mass is 350 g/mol. The van der Waals surface area contributed by atoms with Gasteiger partial charge in [0.25, 0.3) is 0 Å². The van der Waals surface area contributed by atoms with Crippen LogP contribution in [0.25, 0.3) is 0 Å². The van der Waals surface area contributed by atoms with Crippen LogP contribution < -0.4 is 5.32 Å². The molecule has 4 nitrogen and oxygen atoms in total. The first-order chi connectivity index (χ1) is 12.7. The third-order valence-electron chi connectivity index (χ3n) is 5.66. The highest BCUT2D eigenvalue weighted by Gasteiger charge is 2.38. The van der Waals surface area contributed by atoms with Gasteiger partial charge < -0.3 is 10.4 Å². The smallest absolute Gasteiger partial charge is 0.335 e. The minimum Gasteiger partial charge on any atom is -0.478 e. The van der Waals surface area contributed by atoms with Crippen LogP contribution in [0, 0.1) is 5.92 Å². The summed E-state index contributed by atoms with van der Waals surface area (Å²) in [5.41, 5.74) is 3.01. The standard InChI is InChI=1S/C22H26N2O2/c25-22(26)19-8-6-16(7-9-19)14-24-11-10-17(15-24)13-23-21-12-20(21)18-4-2-1-3-5-18/h1-9,17,20-21,23H,10-15H2,(H,25,26)/t17-,20?,21+/m0/s1. The molecule has 2 aliphatic rings. The SMILES string of the molecule is O=C(O)c1ccc(CN2CC[C@@H](CN[C@@H]3CC3c3ccccc3)C2)cc1. The highest BCUT2D eigenvalue weighted by molar-refractivity contribution is 5.87. The summed E-state index contributed by atoms with van der Waals surface area (Å²) in [4.78, 5) is 13.4. The second kappa shape index (κ2) is 7.60. The molecule has 2 N–H and O–H groups in total. The zero-order valence-electron chi connectivity index (χ0n) is 15.0. The molecule has 1 unspecified atom stereocenters. The van der Waals surface area contributed by atoms with Gasteiger partial charge in [-0.2, -0.15) is 0 Å². The second-order valence-electron chi connectivity index (χ2n) is 7.66. The molecule has 2 fully saturated rings. The van der Waals surface area contributed by atoms with Gasteiger partial charge >= 0.3 is 5.97 Å². The van der Waals surface area contributed by atoms with E-state index in [1.54, 1.807) is 12.1 Å². The number of benzene rings is 2. The van der Waals surface area contributed by atoms with Crippen LogP contribution in [-0.4, -0.2) is 41.7 Å². The predicted molar refractivity (Wildman–Crippen MR) is 102 cm³/mol. The van der Waals surface area contributed by atoms with Crippen LogP contribution >= 0.6 is 0 Å². The number of carboxylic acid groups (broad SMARTS) is 1. The lowest BCUT2D eigenvalue weighted by molar-refractivity contribution is 0.0697. The number of carbonyl (C=O) groups is 1. The van der Waals surface area contributed by atoms with Crippen molar-refractivity contribution in [3.05, 3.63) is 71.3 Å². The summed E-state index contributed by atoms with van der Waals surface area (Å²) in [7, 11) is 0. The minimum absolute atomic E-state index is 0.356. The molecule has 0 bridgehead atoms. The van der Waals surface area contributed by atoms with Crippen LogP contribution in [0.1, 0.15) is 40.2 Å². The zero-order valence-corrected chi connectivity index (χ0v) is 15.0. The Bertz CT molecular complexity index is 744. The quantitative estimate of drug-likeness (QED) is 0.804. The van der Waals surface area contributed by atoms with Crippen molar-refractivity contribution in [1.29, 1.82) is 0 Å². The lowest BCUT2D eigenvalue weighted by Gasteiger charge is -2.16. The maximum absolute atomic E-state index is 10.9. The molecular formula is C22H26N2O2. The third-order valence-corrected chi connectivity index (χ3v) is 5.66. The van der Waals surface area contributed by atoms with Crippen molar-refractivity contribution in [3.8, 4) is 0 Å². The van der Waals surface area contributed by atoms with Crippen LogP contribution in [0.5, 0.6) is 0 Å². The van der Waals surface area contributed by atoms with Gasteiger partial charge in [0.15, 0.2) is 0 Å². The van der Waals surface area contributed by atoms with Crippen molar-refractivity contribution in [2.24, 2.45) is 5.92 Å². The van der Waals surface area contributed by atoms with Crippen LogP contribution in [0.2, 0.25) is 0 Å². The van der Waals surface area contributed by atoms with E-state index in [0.717, 1.165) is 26.2 Å². The molecule has 26 heavy (non-hydrogen) atoms. The number of hydrogen-bond donors (Lipinski definition) is 2. The summed E-state index contributed by atoms with van der Waals surface area (Å²) in [6.07, 6.45) is 2.50. The average Bonchev–Trinajstić information content (AvgIpc) is 3.32. The molecule has 4 heteroatoms. The van der Waals surface area contributed by atoms with E-state index in [4.69, 9.17) is 5.11 Å². The fraction of sp³-hybridized carbons (Fsp3) is 0.409. The van der Waals surface area contributed by atoms with Crippen molar-refractivity contribution >= 4 is 5.97 Å². The van der Waals surface area contributed by atoms with E-state index in [-0.39, 0.29) is 0 Å². The van der Waals surface area contributed by atoms with E-state index < -0.39 is 5.97 Å². The molecule has 0 spiro atoms. The van der Waals surface area contributed by atoms with Gasteiger partial charge in [-0.1, -0.05) is 42.5 Å². The fourth-order valence-electron chi connectivity index (χ4n) is 4.04. The first kappa shape index (κ1) is 17.3. The molecule has 1 aliphatic heterocycles. The Hall–Kier alpha value is -2.17. The summed E-state index contributed by atoms with van der Waals surface area (Å²) in [6, 6.07) is 18.7. The van der Waals surface area contributed by atoms with Gasteiger partial charge in [0.05, 0.1) is 5.56 Å². The van der Waals surface area contributed by atoms with Gasteiger partial charge in [-0.05, 0) is 55.1 Å². The maximum atomic E-state index is 10.9. The van der Waals surface area contributed by atoms with Crippen molar-refractivity contribution in [2.75, 3.05) is 19.6 Å². The van der Waals surface area contributed by atoms with Gasteiger partial charge in [0.2, 0.25) is 0 Å². The third kappa shape index (κ3) is 4.14. The lowest BCUT2D eigenvalue weighted by Crippen LogP contribution is -2.28. The van der Waals surface area contributed by atoms with Crippen LogP contribution in [0.3, 0.4) is 0 Å². The van der Waals surface area contributed by atoms with E-state index >= 15 is 0 Å². The topological polar surface area (TPSA) is 52.6 Å². The van der Waals surface area contributed by atoms with E-state index in [1.165, 1.54) is 24.0 Å². The summed E-state index contributed by atoms with van der Waals surface area (Å²) in [6.45, 7) is 4.26. The van der Waals surface area contributed by atoms with Gasteiger partial charge in [-0.25, -0.2) is 4.79 Å². The molecule has 4 rings (SSSR count). The molecule has 2 aromatic carbocycles. The maximum Gasteiger partial charge on any atom is 0.335 e. The minimum atomic E-state index is -0.863. The highest BCUT2D eigenvalue weighted by Crippen LogP contribution is 2.40. The Kier molecular flexibility index (Phi) is 5.05. The van der Waals surface area contributed by atoms with Gasteiger partial charge in [0, 0.05) is 25.0 Å². The normalized spacial score (nSPS) is 25.3. The molecule has 1 aliphatic carbocycles. The molecule has 136 valence electrons. The molecule has 1 saturated heterocycles.